The van der Waals surface area contributed by atoms with Gasteiger partial charge in [-0.25, -0.2) is 0 Å². The smallest absolute Gasteiger partial charge is 0.303 e. The largest absolute Gasteiger partial charge is 0.481 e. The van der Waals surface area contributed by atoms with Gasteiger partial charge in [-0.3, -0.25) is 4.79 Å². The van der Waals surface area contributed by atoms with Crippen LogP contribution in [0.3, 0.4) is 0 Å². The van der Waals surface area contributed by atoms with Crippen LogP contribution >= 0.6 is 0 Å². The summed E-state index contributed by atoms with van der Waals surface area (Å²) in [6, 6.07) is 21.6. The lowest BCUT2D eigenvalue weighted by atomic mass is 9.98. The van der Waals surface area contributed by atoms with Crippen LogP contribution < -0.4 is 0 Å². The van der Waals surface area contributed by atoms with Gasteiger partial charge in [-0.15, -0.1) is 0 Å². The molecule has 0 aliphatic heterocycles. The summed E-state index contributed by atoms with van der Waals surface area (Å²) >= 11 is 0. The lowest BCUT2D eigenvalue weighted by Crippen LogP contribution is -2.07. The molecule has 0 fully saturated rings. The Morgan fingerprint density at radius 1 is 0.963 bits per heavy atom. The molecule has 2 aromatic carbocycles. The molecule has 27 heavy (non-hydrogen) atoms. The van der Waals surface area contributed by atoms with Gasteiger partial charge in [-0.2, -0.15) is 0 Å². The summed E-state index contributed by atoms with van der Waals surface area (Å²) < 4.78 is 2.42. The minimum atomic E-state index is -0.724. The number of carboxylic acids is 1. The molecular weight excluding hydrogens is 334 g/mol. The summed E-state index contributed by atoms with van der Waals surface area (Å²) in [5.74, 6) is -0.724. The average Bonchev–Trinajstić information content (AvgIpc) is 3.08. The molecule has 0 spiro atoms. The van der Waals surface area contributed by atoms with Gasteiger partial charge < -0.3 is 9.67 Å². The standard InChI is InChI=1S/C24H25NO2/c26-24(27)12-6-7-18-13-15-21(16-14-18)25-22-11-5-4-10-20(22)17-23(25)19-8-2-1-3-9-19/h1-3,8-9,13-17H,4-7,10-12H2,(H,26,27). The first kappa shape index (κ1) is 17.6. The molecule has 1 aliphatic carbocycles. The van der Waals surface area contributed by atoms with Crippen LogP contribution in [0.25, 0.3) is 16.9 Å². The van der Waals surface area contributed by atoms with E-state index in [0.29, 0.717) is 6.42 Å². The quantitative estimate of drug-likeness (QED) is 0.637. The number of hydrogen-bond donors (Lipinski definition) is 1. The number of aromatic nitrogens is 1. The lowest BCUT2D eigenvalue weighted by molar-refractivity contribution is -0.137. The summed E-state index contributed by atoms with van der Waals surface area (Å²) in [6.07, 6.45) is 6.53. The van der Waals surface area contributed by atoms with Gasteiger partial charge in [0.2, 0.25) is 0 Å². The maximum absolute atomic E-state index is 10.7. The van der Waals surface area contributed by atoms with Crippen LogP contribution in [0.1, 0.15) is 42.5 Å². The van der Waals surface area contributed by atoms with E-state index in [1.165, 1.54) is 46.6 Å². The van der Waals surface area contributed by atoms with Crippen LogP contribution in [-0.2, 0) is 24.1 Å². The van der Waals surface area contributed by atoms with Gasteiger partial charge in [-0.05, 0) is 73.4 Å². The number of rotatable bonds is 6. The van der Waals surface area contributed by atoms with Crippen molar-refractivity contribution in [2.75, 3.05) is 0 Å². The molecule has 1 heterocycles. The molecule has 0 saturated heterocycles. The second-order valence-corrected chi connectivity index (χ2v) is 7.32. The number of carboxylic acid groups (broad SMARTS) is 1. The van der Waals surface area contributed by atoms with E-state index in [4.69, 9.17) is 5.11 Å². The number of hydrogen-bond acceptors (Lipinski definition) is 1. The molecule has 138 valence electrons. The highest BCUT2D eigenvalue weighted by atomic mass is 16.4. The first-order chi connectivity index (χ1) is 13.2. The summed E-state index contributed by atoms with van der Waals surface area (Å²) in [5, 5.41) is 8.81. The predicted octanol–water partition coefficient (Wildman–Crippen LogP) is 5.43. The number of aliphatic carboxylic acids is 1. The van der Waals surface area contributed by atoms with Crippen LogP contribution in [0.4, 0.5) is 0 Å². The fourth-order valence-corrected chi connectivity index (χ4v) is 4.07. The van der Waals surface area contributed by atoms with Crippen molar-refractivity contribution >= 4 is 5.97 Å². The topological polar surface area (TPSA) is 42.2 Å². The Morgan fingerprint density at radius 3 is 2.44 bits per heavy atom. The summed E-state index contributed by atoms with van der Waals surface area (Å²) in [5.41, 5.74) is 7.82. The van der Waals surface area contributed by atoms with E-state index in [1.54, 1.807) is 0 Å². The maximum Gasteiger partial charge on any atom is 0.303 e. The molecular formula is C24H25NO2. The van der Waals surface area contributed by atoms with Crippen molar-refractivity contribution in [3.05, 3.63) is 77.5 Å². The Balaban J connectivity index is 1.68. The number of aryl methyl sites for hydroxylation is 2. The van der Waals surface area contributed by atoms with Crippen LogP contribution in [0.2, 0.25) is 0 Å². The minimum absolute atomic E-state index is 0.227. The fourth-order valence-electron chi connectivity index (χ4n) is 4.07. The first-order valence-electron chi connectivity index (χ1n) is 9.82. The Hall–Kier alpha value is -2.81. The molecule has 0 unspecified atom stereocenters. The van der Waals surface area contributed by atoms with Crippen molar-refractivity contribution in [2.45, 2.75) is 44.9 Å². The third-order valence-corrected chi connectivity index (χ3v) is 5.42. The van der Waals surface area contributed by atoms with E-state index in [0.717, 1.165) is 19.3 Å². The van der Waals surface area contributed by atoms with E-state index in [-0.39, 0.29) is 6.42 Å². The van der Waals surface area contributed by atoms with Gasteiger partial charge in [0.15, 0.2) is 0 Å². The Morgan fingerprint density at radius 2 is 1.70 bits per heavy atom. The highest BCUT2D eigenvalue weighted by molar-refractivity contribution is 5.67. The second kappa shape index (κ2) is 7.83. The number of fused-ring (bicyclic) bond motifs is 1. The molecule has 1 aliphatic rings. The molecule has 0 radical (unpaired) electrons. The van der Waals surface area contributed by atoms with Gasteiger partial charge in [0.1, 0.15) is 0 Å². The number of nitrogens with zero attached hydrogens (tertiary/aromatic N) is 1. The zero-order valence-corrected chi connectivity index (χ0v) is 15.5. The highest BCUT2D eigenvalue weighted by Gasteiger charge is 2.20. The van der Waals surface area contributed by atoms with E-state index in [1.807, 2.05) is 0 Å². The van der Waals surface area contributed by atoms with Crippen LogP contribution in [0, 0.1) is 0 Å². The average molecular weight is 359 g/mol. The summed E-state index contributed by atoms with van der Waals surface area (Å²) in [4.78, 5) is 10.7. The highest BCUT2D eigenvalue weighted by Crippen LogP contribution is 2.33. The maximum atomic E-state index is 10.7. The van der Waals surface area contributed by atoms with Crippen molar-refractivity contribution in [1.82, 2.24) is 4.57 Å². The van der Waals surface area contributed by atoms with Crippen LogP contribution in [0.5, 0.6) is 0 Å². The molecule has 0 saturated carbocycles. The molecule has 3 heteroatoms. The summed E-state index contributed by atoms with van der Waals surface area (Å²) in [6.45, 7) is 0. The van der Waals surface area contributed by atoms with E-state index in [9.17, 15) is 4.79 Å². The Labute approximate surface area is 160 Å². The van der Waals surface area contributed by atoms with Gasteiger partial charge in [0.05, 0.1) is 5.69 Å². The van der Waals surface area contributed by atoms with Crippen molar-refractivity contribution in [3.8, 4) is 16.9 Å². The van der Waals surface area contributed by atoms with E-state index in [2.05, 4.69) is 65.2 Å². The molecule has 0 amide bonds. The number of carbonyl (C=O) groups is 1. The lowest BCUT2D eigenvalue weighted by Gasteiger charge is -2.18. The van der Waals surface area contributed by atoms with Crippen molar-refractivity contribution in [1.29, 1.82) is 0 Å². The van der Waals surface area contributed by atoms with E-state index >= 15 is 0 Å². The monoisotopic (exact) mass is 359 g/mol. The molecule has 0 bridgehead atoms. The van der Waals surface area contributed by atoms with Crippen LogP contribution in [-0.4, -0.2) is 15.6 Å². The second-order valence-electron chi connectivity index (χ2n) is 7.32. The molecule has 3 nitrogen and oxygen atoms in total. The first-order valence-corrected chi connectivity index (χ1v) is 9.82. The molecule has 4 rings (SSSR count). The summed E-state index contributed by atoms with van der Waals surface area (Å²) in [7, 11) is 0. The normalized spacial score (nSPS) is 13.3. The molecule has 1 N–H and O–H groups in total. The van der Waals surface area contributed by atoms with Crippen LogP contribution in [0.15, 0.2) is 60.7 Å². The van der Waals surface area contributed by atoms with Gasteiger partial charge in [0, 0.05) is 17.8 Å². The Bertz CT molecular complexity index is 923. The molecule has 3 aromatic rings. The van der Waals surface area contributed by atoms with Crippen molar-refractivity contribution in [3.63, 3.8) is 0 Å². The van der Waals surface area contributed by atoms with Crippen molar-refractivity contribution < 1.29 is 9.90 Å². The zero-order valence-electron chi connectivity index (χ0n) is 15.5. The fraction of sp³-hybridized carbons (Fsp3) is 0.292. The molecule has 1 aromatic heterocycles. The van der Waals surface area contributed by atoms with Gasteiger partial charge in [-0.1, -0.05) is 42.5 Å². The Kier molecular flexibility index (Phi) is 5.10. The SMILES string of the molecule is O=C(O)CCCc1ccc(-n2c(-c3ccccc3)cc3c2CCCC3)cc1. The van der Waals surface area contributed by atoms with Gasteiger partial charge >= 0.3 is 5.97 Å². The van der Waals surface area contributed by atoms with Crippen molar-refractivity contribution in [2.24, 2.45) is 0 Å². The van der Waals surface area contributed by atoms with Gasteiger partial charge in [0.25, 0.3) is 0 Å². The minimum Gasteiger partial charge on any atom is -0.481 e. The third kappa shape index (κ3) is 3.82. The molecule has 0 atom stereocenters. The zero-order chi connectivity index (χ0) is 18.6. The number of benzene rings is 2. The van der Waals surface area contributed by atoms with E-state index < -0.39 is 5.97 Å². The third-order valence-electron chi connectivity index (χ3n) is 5.42. The predicted molar refractivity (Wildman–Crippen MR) is 108 cm³/mol.